The minimum absolute atomic E-state index is 0.178. The molecule has 0 fully saturated rings. The largest absolute Gasteiger partial charge is 0.507 e. The molecule has 0 saturated carbocycles. The van der Waals surface area contributed by atoms with Crippen LogP contribution in [0.4, 0.5) is 0 Å². The minimum Gasteiger partial charge on any atom is -0.507 e. The van der Waals surface area contributed by atoms with Crippen LogP contribution in [0.1, 0.15) is 28.5 Å². The lowest BCUT2D eigenvalue weighted by Gasteiger charge is -2.11. The van der Waals surface area contributed by atoms with E-state index >= 15 is 0 Å². The summed E-state index contributed by atoms with van der Waals surface area (Å²) in [5, 5.41) is 28.7. The molecule has 0 aliphatic rings. The predicted molar refractivity (Wildman–Crippen MR) is 86.9 cm³/mol. The molecule has 5 heteroatoms. The Hall–Kier alpha value is -2.79. The Balaban J connectivity index is 1.94. The molecule has 2 N–H and O–H groups in total. The maximum absolute atomic E-state index is 10.3. The van der Waals surface area contributed by atoms with Crippen molar-refractivity contribution in [1.82, 2.24) is 15.2 Å². The SMILES string of the molecule is Cc1cc(C)c(-c2ccc(C(O)c3cccnc3)nn2)c(O)c1. The number of hydrogen-bond acceptors (Lipinski definition) is 5. The zero-order valence-electron chi connectivity index (χ0n) is 12.9. The zero-order chi connectivity index (χ0) is 16.4. The summed E-state index contributed by atoms with van der Waals surface area (Å²) in [6.07, 6.45) is 2.36. The van der Waals surface area contributed by atoms with Gasteiger partial charge in [-0.2, -0.15) is 10.2 Å². The van der Waals surface area contributed by atoms with Crippen molar-refractivity contribution in [2.75, 3.05) is 0 Å². The summed E-state index contributed by atoms with van der Waals surface area (Å²) in [5.74, 6) is 0.178. The molecule has 0 spiro atoms. The molecule has 0 radical (unpaired) electrons. The number of rotatable bonds is 3. The second kappa shape index (κ2) is 6.14. The summed E-state index contributed by atoms with van der Waals surface area (Å²) in [5.41, 5.74) is 4.24. The van der Waals surface area contributed by atoms with Gasteiger partial charge in [-0.15, -0.1) is 0 Å². The van der Waals surface area contributed by atoms with Crippen LogP contribution in [0.15, 0.2) is 48.8 Å². The van der Waals surface area contributed by atoms with Crippen LogP contribution >= 0.6 is 0 Å². The lowest BCUT2D eigenvalue weighted by Crippen LogP contribution is -2.04. The number of phenolic OH excluding ortho intramolecular Hbond substituents is 1. The van der Waals surface area contributed by atoms with Crippen molar-refractivity contribution in [2.45, 2.75) is 20.0 Å². The van der Waals surface area contributed by atoms with Crippen LogP contribution < -0.4 is 0 Å². The molecule has 0 bridgehead atoms. The van der Waals surface area contributed by atoms with Crippen molar-refractivity contribution in [3.05, 3.63) is 71.2 Å². The Morgan fingerprint density at radius 3 is 2.48 bits per heavy atom. The Bertz CT molecular complexity index is 794. The average molecular weight is 307 g/mol. The first-order valence-corrected chi connectivity index (χ1v) is 7.28. The molecule has 1 unspecified atom stereocenters. The van der Waals surface area contributed by atoms with Crippen molar-refractivity contribution < 1.29 is 10.2 Å². The van der Waals surface area contributed by atoms with E-state index in [0.717, 1.165) is 11.1 Å². The molecular weight excluding hydrogens is 290 g/mol. The van der Waals surface area contributed by atoms with Gasteiger partial charge in [-0.1, -0.05) is 12.1 Å². The van der Waals surface area contributed by atoms with Gasteiger partial charge in [0.2, 0.25) is 0 Å². The summed E-state index contributed by atoms with van der Waals surface area (Å²) in [7, 11) is 0. The van der Waals surface area contributed by atoms with Crippen LogP contribution in [-0.2, 0) is 0 Å². The number of nitrogens with zero attached hydrogens (tertiary/aromatic N) is 3. The van der Waals surface area contributed by atoms with Gasteiger partial charge in [0.25, 0.3) is 0 Å². The summed E-state index contributed by atoms with van der Waals surface area (Å²) in [4.78, 5) is 3.99. The van der Waals surface area contributed by atoms with Crippen LogP contribution in [0.5, 0.6) is 5.75 Å². The maximum Gasteiger partial charge on any atom is 0.125 e. The van der Waals surface area contributed by atoms with Crippen LogP contribution in [0, 0.1) is 13.8 Å². The summed E-state index contributed by atoms with van der Waals surface area (Å²) < 4.78 is 0. The van der Waals surface area contributed by atoms with Crippen LogP contribution in [-0.4, -0.2) is 25.4 Å². The molecule has 2 aromatic heterocycles. The highest BCUT2D eigenvalue weighted by Gasteiger charge is 2.15. The van der Waals surface area contributed by atoms with Gasteiger partial charge in [0, 0.05) is 23.5 Å². The van der Waals surface area contributed by atoms with Crippen molar-refractivity contribution in [1.29, 1.82) is 0 Å². The third-order valence-corrected chi connectivity index (χ3v) is 3.68. The second-order valence-electron chi connectivity index (χ2n) is 5.51. The van der Waals surface area contributed by atoms with Crippen LogP contribution in [0.25, 0.3) is 11.3 Å². The molecule has 0 saturated heterocycles. The minimum atomic E-state index is -0.877. The van der Waals surface area contributed by atoms with Gasteiger partial charge in [-0.05, 0) is 49.2 Å². The Morgan fingerprint density at radius 2 is 1.87 bits per heavy atom. The van der Waals surface area contributed by atoms with Gasteiger partial charge >= 0.3 is 0 Å². The fourth-order valence-corrected chi connectivity index (χ4v) is 2.61. The molecule has 2 heterocycles. The summed E-state index contributed by atoms with van der Waals surface area (Å²) in [6.45, 7) is 3.84. The van der Waals surface area contributed by atoms with E-state index in [1.807, 2.05) is 19.9 Å². The molecule has 0 aliphatic carbocycles. The molecule has 0 aliphatic heterocycles. The van der Waals surface area contributed by atoms with E-state index < -0.39 is 6.10 Å². The van der Waals surface area contributed by atoms with E-state index in [-0.39, 0.29) is 5.75 Å². The smallest absolute Gasteiger partial charge is 0.125 e. The maximum atomic E-state index is 10.3. The monoisotopic (exact) mass is 307 g/mol. The van der Waals surface area contributed by atoms with Crippen molar-refractivity contribution >= 4 is 0 Å². The molecule has 1 aromatic carbocycles. The van der Waals surface area contributed by atoms with Gasteiger partial charge in [0.15, 0.2) is 0 Å². The predicted octanol–water partition coefficient (Wildman–Crippen LogP) is 2.94. The van der Waals surface area contributed by atoms with E-state index in [0.29, 0.717) is 22.5 Å². The number of hydrogen-bond donors (Lipinski definition) is 2. The fourth-order valence-electron chi connectivity index (χ4n) is 2.61. The quantitative estimate of drug-likeness (QED) is 0.777. The first-order chi connectivity index (χ1) is 11.1. The number of benzene rings is 1. The van der Waals surface area contributed by atoms with E-state index in [1.165, 1.54) is 0 Å². The Labute approximate surface area is 134 Å². The first-order valence-electron chi connectivity index (χ1n) is 7.28. The van der Waals surface area contributed by atoms with E-state index in [9.17, 15) is 10.2 Å². The normalized spacial score (nSPS) is 12.1. The molecule has 0 amide bonds. The first kappa shape index (κ1) is 15.1. The average Bonchev–Trinajstić information content (AvgIpc) is 2.55. The van der Waals surface area contributed by atoms with Crippen LogP contribution in [0.3, 0.4) is 0 Å². The highest BCUT2D eigenvalue weighted by atomic mass is 16.3. The van der Waals surface area contributed by atoms with Gasteiger partial charge < -0.3 is 10.2 Å². The van der Waals surface area contributed by atoms with E-state index in [1.54, 1.807) is 42.7 Å². The van der Waals surface area contributed by atoms with Crippen LogP contribution in [0.2, 0.25) is 0 Å². The molecule has 3 aromatic rings. The Kier molecular flexibility index (Phi) is 4.04. The number of pyridine rings is 1. The number of aliphatic hydroxyl groups excluding tert-OH is 1. The number of phenols is 1. The molecule has 23 heavy (non-hydrogen) atoms. The third-order valence-electron chi connectivity index (χ3n) is 3.68. The topological polar surface area (TPSA) is 79.1 Å². The molecule has 116 valence electrons. The number of aromatic nitrogens is 3. The Morgan fingerprint density at radius 1 is 1.04 bits per heavy atom. The lowest BCUT2D eigenvalue weighted by molar-refractivity contribution is 0.213. The van der Waals surface area contributed by atoms with Crippen molar-refractivity contribution in [3.8, 4) is 17.0 Å². The lowest BCUT2D eigenvalue weighted by atomic mass is 10.0. The van der Waals surface area contributed by atoms with Gasteiger partial charge in [-0.3, -0.25) is 4.98 Å². The second-order valence-corrected chi connectivity index (χ2v) is 5.51. The molecular formula is C18H17N3O2. The fraction of sp³-hybridized carbons (Fsp3) is 0.167. The summed E-state index contributed by atoms with van der Waals surface area (Å²) in [6, 6.07) is 10.7. The number of aromatic hydroxyl groups is 1. The zero-order valence-corrected chi connectivity index (χ0v) is 12.9. The third kappa shape index (κ3) is 3.05. The van der Waals surface area contributed by atoms with Gasteiger partial charge in [0.1, 0.15) is 11.9 Å². The van der Waals surface area contributed by atoms with E-state index in [2.05, 4.69) is 15.2 Å². The molecule has 5 nitrogen and oxygen atoms in total. The number of aryl methyl sites for hydroxylation is 2. The summed E-state index contributed by atoms with van der Waals surface area (Å²) >= 11 is 0. The highest BCUT2D eigenvalue weighted by Crippen LogP contribution is 2.32. The van der Waals surface area contributed by atoms with E-state index in [4.69, 9.17) is 0 Å². The van der Waals surface area contributed by atoms with Gasteiger partial charge in [0.05, 0.1) is 11.4 Å². The standard InChI is InChI=1S/C18H17N3O2/c1-11-8-12(2)17(16(22)9-11)14-5-6-15(21-20-14)18(23)13-4-3-7-19-10-13/h3-10,18,22-23H,1-2H3. The van der Waals surface area contributed by atoms with Crippen molar-refractivity contribution in [2.24, 2.45) is 0 Å². The highest BCUT2D eigenvalue weighted by molar-refractivity contribution is 5.70. The molecule has 3 rings (SSSR count). The van der Waals surface area contributed by atoms with Gasteiger partial charge in [-0.25, -0.2) is 0 Å². The molecule has 1 atom stereocenters. The van der Waals surface area contributed by atoms with Crippen molar-refractivity contribution in [3.63, 3.8) is 0 Å². The number of aliphatic hydroxyl groups is 1.